The van der Waals surface area contributed by atoms with Gasteiger partial charge >= 0.3 is 5.69 Å². The van der Waals surface area contributed by atoms with Crippen molar-refractivity contribution in [3.8, 4) is 0 Å². The molecule has 0 amide bonds. The van der Waals surface area contributed by atoms with E-state index in [1.807, 2.05) is 25.1 Å². The predicted octanol–water partition coefficient (Wildman–Crippen LogP) is 2.06. The number of benzene rings is 1. The molecule has 0 saturated carbocycles. The third kappa shape index (κ3) is 2.61. The average molecular weight is 296 g/mol. The van der Waals surface area contributed by atoms with Gasteiger partial charge in [0.2, 0.25) is 0 Å². The molecule has 1 heterocycles. The monoisotopic (exact) mass is 295 g/mol. The first-order chi connectivity index (χ1) is 8.10. The lowest BCUT2D eigenvalue weighted by Gasteiger charge is -2.04. The van der Waals surface area contributed by atoms with Crippen molar-refractivity contribution in [2.45, 2.75) is 20.0 Å². The summed E-state index contributed by atoms with van der Waals surface area (Å²) in [5, 5.41) is 0. The molecule has 0 saturated heterocycles. The molecular formula is C12H14BrN3O. The van der Waals surface area contributed by atoms with Gasteiger partial charge in [-0.3, -0.25) is 9.13 Å². The number of rotatable bonds is 3. The molecule has 0 bridgehead atoms. The molecule has 1 aromatic carbocycles. The number of nitrogen functional groups attached to an aromatic ring is 1. The van der Waals surface area contributed by atoms with E-state index in [1.54, 1.807) is 21.5 Å². The second-order valence-electron chi connectivity index (χ2n) is 3.89. The van der Waals surface area contributed by atoms with Crippen LogP contribution in [0.2, 0.25) is 0 Å². The van der Waals surface area contributed by atoms with E-state index in [9.17, 15) is 4.79 Å². The average Bonchev–Trinajstić information content (AvgIpc) is 2.58. The van der Waals surface area contributed by atoms with Crippen molar-refractivity contribution in [3.05, 3.63) is 51.1 Å². The Morgan fingerprint density at radius 3 is 2.53 bits per heavy atom. The lowest BCUT2D eigenvalue weighted by Crippen LogP contribution is -2.23. The minimum absolute atomic E-state index is 0.00560. The van der Waals surface area contributed by atoms with Crippen LogP contribution in [-0.2, 0) is 13.1 Å². The molecule has 4 nitrogen and oxygen atoms in total. The van der Waals surface area contributed by atoms with E-state index in [-0.39, 0.29) is 5.69 Å². The molecule has 0 aliphatic rings. The van der Waals surface area contributed by atoms with Gasteiger partial charge < -0.3 is 5.73 Å². The van der Waals surface area contributed by atoms with Crippen LogP contribution in [0.3, 0.4) is 0 Å². The minimum Gasteiger partial charge on any atom is -0.399 e. The Balaban J connectivity index is 2.31. The fourth-order valence-corrected chi connectivity index (χ4v) is 2.34. The summed E-state index contributed by atoms with van der Waals surface area (Å²) in [6.07, 6.45) is 3.59. The third-order valence-electron chi connectivity index (χ3n) is 2.59. The Morgan fingerprint density at radius 2 is 1.94 bits per heavy atom. The lowest BCUT2D eigenvalue weighted by atomic mass is 10.2. The molecule has 2 rings (SSSR count). The Morgan fingerprint density at radius 1 is 1.24 bits per heavy atom. The van der Waals surface area contributed by atoms with Gasteiger partial charge in [-0.25, -0.2) is 4.79 Å². The van der Waals surface area contributed by atoms with Crippen LogP contribution >= 0.6 is 15.9 Å². The first-order valence-electron chi connectivity index (χ1n) is 5.40. The summed E-state index contributed by atoms with van der Waals surface area (Å²) >= 11 is 3.39. The first-order valence-corrected chi connectivity index (χ1v) is 6.20. The van der Waals surface area contributed by atoms with Gasteiger partial charge in [-0.05, 0) is 30.7 Å². The van der Waals surface area contributed by atoms with Crippen LogP contribution in [0.1, 0.15) is 12.5 Å². The van der Waals surface area contributed by atoms with E-state index in [4.69, 9.17) is 5.73 Å². The smallest absolute Gasteiger partial charge is 0.328 e. The Hall–Kier alpha value is -1.49. The zero-order valence-corrected chi connectivity index (χ0v) is 11.1. The maximum atomic E-state index is 11.9. The molecule has 90 valence electrons. The van der Waals surface area contributed by atoms with Crippen LogP contribution in [0, 0.1) is 0 Å². The minimum atomic E-state index is 0.00560. The molecule has 0 unspecified atom stereocenters. The number of hydrogen-bond donors (Lipinski definition) is 1. The number of halogens is 1. The number of aromatic nitrogens is 2. The van der Waals surface area contributed by atoms with Gasteiger partial charge in [0.1, 0.15) is 0 Å². The summed E-state index contributed by atoms with van der Waals surface area (Å²) in [5.74, 6) is 0. The number of hydrogen-bond acceptors (Lipinski definition) is 2. The normalized spacial score (nSPS) is 10.7. The van der Waals surface area contributed by atoms with Crippen molar-refractivity contribution in [1.29, 1.82) is 0 Å². The fraction of sp³-hybridized carbons (Fsp3) is 0.250. The van der Waals surface area contributed by atoms with Crippen molar-refractivity contribution in [2.24, 2.45) is 0 Å². The van der Waals surface area contributed by atoms with Crippen LogP contribution in [0.25, 0.3) is 0 Å². The topological polar surface area (TPSA) is 52.9 Å². The highest BCUT2D eigenvalue weighted by atomic mass is 79.9. The number of nitrogens with two attached hydrogens (primary N) is 1. The van der Waals surface area contributed by atoms with Crippen LogP contribution in [0.15, 0.2) is 39.9 Å². The highest BCUT2D eigenvalue weighted by Gasteiger charge is 2.03. The first kappa shape index (κ1) is 12.0. The van der Waals surface area contributed by atoms with Gasteiger partial charge in [0.15, 0.2) is 0 Å². The molecule has 0 fully saturated rings. The quantitative estimate of drug-likeness (QED) is 0.881. The number of aryl methyl sites for hydroxylation is 1. The molecule has 5 heteroatoms. The highest BCUT2D eigenvalue weighted by molar-refractivity contribution is 9.10. The number of anilines is 1. The summed E-state index contributed by atoms with van der Waals surface area (Å²) in [6.45, 7) is 3.17. The van der Waals surface area contributed by atoms with Crippen molar-refractivity contribution in [2.75, 3.05) is 5.73 Å². The Kier molecular flexibility index (Phi) is 3.38. The zero-order valence-electron chi connectivity index (χ0n) is 9.56. The zero-order chi connectivity index (χ0) is 12.4. The number of imidazole rings is 1. The largest absolute Gasteiger partial charge is 0.399 e. The highest BCUT2D eigenvalue weighted by Crippen LogP contribution is 2.17. The summed E-state index contributed by atoms with van der Waals surface area (Å²) in [6, 6.07) is 5.68. The van der Waals surface area contributed by atoms with Crippen LogP contribution in [0.5, 0.6) is 0 Å². The maximum absolute atomic E-state index is 11.9. The van der Waals surface area contributed by atoms with E-state index in [0.29, 0.717) is 18.8 Å². The maximum Gasteiger partial charge on any atom is 0.328 e. The molecule has 0 atom stereocenters. The van der Waals surface area contributed by atoms with Gasteiger partial charge in [0.05, 0.1) is 6.54 Å². The molecule has 2 aromatic rings. The Bertz CT molecular complexity index is 565. The van der Waals surface area contributed by atoms with Gasteiger partial charge in [-0.15, -0.1) is 0 Å². The molecule has 1 aromatic heterocycles. The van der Waals surface area contributed by atoms with Crippen molar-refractivity contribution < 1.29 is 0 Å². The summed E-state index contributed by atoms with van der Waals surface area (Å²) < 4.78 is 4.27. The molecule has 0 aliphatic carbocycles. The van der Waals surface area contributed by atoms with Crippen molar-refractivity contribution in [1.82, 2.24) is 9.13 Å². The van der Waals surface area contributed by atoms with Crippen molar-refractivity contribution in [3.63, 3.8) is 0 Å². The summed E-state index contributed by atoms with van der Waals surface area (Å²) in [5.41, 5.74) is 7.46. The SMILES string of the molecule is CCn1ccn(Cc2cc(N)cc(Br)c2)c1=O. The molecule has 0 spiro atoms. The van der Waals surface area contributed by atoms with E-state index in [0.717, 1.165) is 10.0 Å². The standard InChI is InChI=1S/C12H14BrN3O/c1-2-15-3-4-16(12(15)17)8-9-5-10(13)7-11(14)6-9/h3-7H,2,8,14H2,1H3. The van der Waals surface area contributed by atoms with Crippen LogP contribution in [0.4, 0.5) is 5.69 Å². The molecule has 0 radical (unpaired) electrons. The second kappa shape index (κ2) is 4.79. The number of nitrogens with zero attached hydrogens (tertiary/aromatic N) is 2. The summed E-state index contributed by atoms with van der Waals surface area (Å²) in [4.78, 5) is 11.9. The van der Waals surface area contributed by atoms with Crippen LogP contribution < -0.4 is 11.4 Å². The van der Waals surface area contributed by atoms with E-state index in [2.05, 4.69) is 15.9 Å². The predicted molar refractivity (Wildman–Crippen MR) is 72.0 cm³/mol. The fourth-order valence-electron chi connectivity index (χ4n) is 1.78. The second-order valence-corrected chi connectivity index (χ2v) is 4.80. The van der Waals surface area contributed by atoms with Crippen LogP contribution in [-0.4, -0.2) is 9.13 Å². The molecule has 0 aliphatic heterocycles. The third-order valence-corrected chi connectivity index (χ3v) is 3.05. The van der Waals surface area contributed by atoms with Gasteiger partial charge in [-0.1, -0.05) is 15.9 Å². The lowest BCUT2D eigenvalue weighted by molar-refractivity contribution is 0.668. The van der Waals surface area contributed by atoms with Gasteiger partial charge in [0.25, 0.3) is 0 Å². The van der Waals surface area contributed by atoms with Gasteiger partial charge in [-0.2, -0.15) is 0 Å². The Labute approximate surface area is 108 Å². The molecule has 17 heavy (non-hydrogen) atoms. The van der Waals surface area contributed by atoms with E-state index >= 15 is 0 Å². The van der Waals surface area contributed by atoms with Gasteiger partial charge in [0, 0.05) is 29.1 Å². The molecular weight excluding hydrogens is 282 g/mol. The van der Waals surface area contributed by atoms with E-state index < -0.39 is 0 Å². The molecule has 2 N–H and O–H groups in total. The van der Waals surface area contributed by atoms with E-state index in [1.165, 1.54) is 0 Å². The van der Waals surface area contributed by atoms with Crippen molar-refractivity contribution >= 4 is 21.6 Å². The summed E-state index contributed by atoms with van der Waals surface area (Å²) in [7, 11) is 0.